The van der Waals surface area contributed by atoms with Crippen LogP contribution in [0, 0.1) is 13.8 Å². The number of pyridine rings is 1. The van der Waals surface area contributed by atoms with E-state index in [4.69, 9.17) is 9.72 Å². The normalized spacial score (nSPS) is 16.8. The number of nitrogens with zero attached hydrogens (tertiary/aromatic N) is 3. The Morgan fingerprint density at radius 3 is 2.47 bits per heavy atom. The zero-order valence-corrected chi connectivity index (χ0v) is 21.3. The Morgan fingerprint density at radius 2 is 1.83 bits per heavy atom. The van der Waals surface area contributed by atoms with E-state index in [9.17, 15) is 13.2 Å². The lowest BCUT2D eigenvalue weighted by atomic mass is 10.0. The minimum atomic E-state index is -3.12. The van der Waals surface area contributed by atoms with E-state index < -0.39 is 9.84 Å². The quantitative estimate of drug-likeness (QED) is 0.407. The summed E-state index contributed by atoms with van der Waals surface area (Å²) in [6.45, 7) is 6.31. The van der Waals surface area contributed by atoms with Crippen molar-refractivity contribution in [3.8, 4) is 17.0 Å². The second kappa shape index (κ2) is 9.39. The molecule has 0 radical (unpaired) electrons. The molecule has 0 spiro atoms. The topological polar surface area (TPSA) is 103 Å². The molecule has 2 aromatic heterocycles. The molecule has 0 aliphatic carbocycles. The molecule has 2 aromatic carbocycles. The van der Waals surface area contributed by atoms with Crippen molar-refractivity contribution < 1.29 is 17.9 Å². The van der Waals surface area contributed by atoms with E-state index in [0.717, 1.165) is 16.9 Å². The summed E-state index contributed by atoms with van der Waals surface area (Å²) in [6, 6.07) is 16.6. The van der Waals surface area contributed by atoms with Gasteiger partial charge in [-0.1, -0.05) is 29.8 Å². The average molecular weight is 505 g/mol. The van der Waals surface area contributed by atoms with Crippen LogP contribution in [-0.2, 0) is 9.84 Å². The fourth-order valence-electron chi connectivity index (χ4n) is 4.59. The van der Waals surface area contributed by atoms with Gasteiger partial charge in [0, 0.05) is 11.3 Å². The molecule has 8 nitrogen and oxygen atoms in total. The molecule has 1 saturated heterocycles. The van der Waals surface area contributed by atoms with Crippen LogP contribution in [0.2, 0.25) is 0 Å². The number of hydrogen-bond donors (Lipinski definition) is 1. The van der Waals surface area contributed by atoms with Crippen LogP contribution >= 0.6 is 0 Å². The van der Waals surface area contributed by atoms with E-state index >= 15 is 0 Å². The highest BCUT2D eigenvalue weighted by Crippen LogP contribution is 2.32. The summed E-state index contributed by atoms with van der Waals surface area (Å²) in [7, 11) is -3.12. The molecule has 1 fully saturated rings. The molecule has 0 saturated carbocycles. The SMILES string of the molecule is CCOc1ccc(NC(=O)c2cc(-c3ccc(C)cc3)nc3c2c(C)nn3C2CCS(=O)(=O)C2)cc1. The molecule has 36 heavy (non-hydrogen) atoms. The van der Waals surface area contributed by atoms with Crippen molar-refractivity contribution >= 4 is 32.5 Å². The number of aromatic nitrogens is 3. The monoisotopic (exact) mass is 504 g/mol. The van der Waals surface area contributed by atoms with Gasteiger partial charge < -0.3 is 10.1 Å². The third-order valence-electron chi connectivity index (χ3n) is 6.41. The molecule has 4 aromatic rings. The average Bonchev–Trinajstić information content (AvgIpc) is 3.39. The molecule has 186 valence electrons. The maximum atomic E-state index is 13.6. The van der Waals surface area contributed by atoms with Crippen molar-refractivity contribution in [2.45, 2.75) is 33.2 Å². The molecule has 1 unspecified atom stereocenters. The van der Waals surface area contributed by atoms with Gasteiger partial charge in [-0.3, -0.25) is 4.79 Å². The smallest absolute Gasteiger partial charge is 0.256 e. The lowest BCUT2D eigenvalue weighted by Crippen LogP contribution is -2.15. The van der Waals surface area contributed by atoms with Crippen molar-refractivity contribution in [3.63, 3.8) is 0 Å². The molecular formula is C27H28N4O4S. The van der Waals surface area contributed by atoms with Crippen molar-refractivity contribution in [1.82, 2.24) is 14.8 Å². The van der Waals surface area contributed by atoms with Gasteiger partial charge in [-0.2, -0.15) is 5.10 Å². The summed E-state index contributed by atoms with van der Waals surface area (Å²) >= 11 is 0. The molecular weight excluding hydrogens is 476 g/mol. The molecule has 1 N–H and O–H groups in total. The summed E-state index contributed by atoms with van der Waals surface area (Å²) in [5.74, 6) is 0.586. The minimum Gasteiger partial charge on any atom is -0.494 e. The van der Waals surface area contributed by atoms with Crippen molar-refractivity contribution in [2.75, 3.05) is 23.4 Å². The van der Waals surface area contributed by atoms with E-state index in [1.807, 2.05) is 57.2 Å². The van der Waals surface area contributed by atoms with Gasteiger partial charge in [-0.25, -0.2) is 18.1 Å². The van der Waals surface area contributed by atoms with Gasteiger partial charge in [0.25, 0.3) is 5.91 Å². The van der Waals surface area contributed by atoms with Gasteiger partial charge in [0.15, 0.2) is 15.5 Å². The zero-order valence-electron chi connectivity index (χ0n) is 20.5. The maximum Gasteiger partial charge on any atom is 0.256 e. The van der Waals surface area contributed by atoms with E-state index in [0.29, 0.717) is 46.7 Å². The number of carbonyl (C=O) groups is 1. The Hall–Kier alpha value is -3.72. The van der Waals surface area contributed by atoms with Crippen molar-refractivity contribution in [3.05, 3.63) is 71.4 Å². The molecule has 1 aliphatic rings. The predicted molar refractivity (Wildman–Crippen MR) is 140 cm³/mol. The number of amides is 1. The molecule has 1 atom stereocenters. The minimum absolute atomic E-state index is 0.0212. The zero-order chi connectivity index (χ0) is 25.4. The highest BCUT2D eigenvalue weighted by molar-refractivity contribution is 7.91. The van der Waals surface area contributed by atoms with Gasteiger partial charge in [0.2, 0.25) is 0 Å². The van der Waals surface area contributed by atoms with Gasteiger partial charge in [0.1, 0.15) is 5.75 Å². The summed E-state index contributed by atoms with van der Waals surface area (Å²) in [6.07, 6.45) is 0.475. The van der Waals surface area contributed by atoms with Gasteiger partial charge >= 0.3 is 0 Å². The van der Waals surface area contributed by atoms with Gasteiger partial charge in [0.05, 0.1) is 46.5 Å². The highest BCUT2D eigenvalue weighted by atomic mass is 32.2. The first-order chi connectivity index (χ1) is 17.2. The largest absolute Gasteiger partial charge is 0.494 e. The van der Waals surface area contributed by atoms with Crippen LogP contribution < -0.4 is 10.1 Å². The number of benzene rings is 2. The fourth-order valence-corrected chi connectivity index (χ4v) is 6.28. The summed E-state index contributed by atoms with van der Waals surface area (Å²) in [4.78, 5) is 18.4. The van der Waals surface area contributed by atoms with Crippen LogP contribution in [0.25, 0.3) is 22.3 Å². The summed E-state index contributed by atoms with van der Waals surface area (Å²) in [5, 5.41) is 8.26. The van der Waals surface area contributed by atoms with Crippen molar-refractivity contribution in [2.24, 2.45) is 0 Å². The number of carbonyl (C=O) groups excluding carboxylic acids is 1. The second-order valence-corrected chi connectivity index (χ2v) is 11.3. The Bertz CT molecular complexity index is 1540. The van der Waals surface area contributed by atoms with E-state index in [1.54, 1.807) is 22.9 Å². The number of fused-ring (bicyclic) bond motifs is 1. The number of aryl methyl sites for hydroxylation is 2. The molecule has 0 bridgehead atoms. The van der Waals surface area contributed by atoms with Crippen molar-refractivity contribution in [1.29, 1.82) is 0 Å². The third kappa shape index (κ3) is 4.70. The molecule has 9 heteroatoms. The standard InChI is InChI=1S/C27H28N4O4S/c1-4-35-22-11-9-20(10-12-22)28-27(32)23-15-24(19-7-5-17(2)6-8-19)29-26-25(23)18(3)30-31(26)21-13-14-36(33,34)16-21/h5-12,15,21H,4,13-14,16H2,1-3H3,(H,28,32). The Labute approximate surface area is 210 Å². The van der Waals surface area contributed by atoms with Crippen LogP contribution in [0.5, 0.6) is 5.75 Å². The summed E-state index contributed by atoms with van der Waals surface area (Å²) in [5.41, 5.74) is 4.83. The van der Waals surface area contributed by atoms with Crippen LogP contribution in [-0.4, -0.2) is 47.2 Å². The highest BCUT2D eigenvalue weighted by Gasteiger charge is 2.32. The number of ether oxygens (including phenoxy) is 1. The Kier molecular flexibility index (Phi) is 6.26. The van der Waals surface area contributed by atoms with E-state index in [2.05, 4.69) is 10.4 Å². The number of hydrogen-bond acceptors (Lipinski definition) is 6. The summed E-state index contributed by atoms with van der Waals surface area (Å²) < 4.78 is 31.6. The van der Waals surface area contributed by atoms with E-state index in [-0.39, 0.29) is 23.5 Å². The number of sulfone groups is 1. The molecule has 1 aliphatic heterocycles. The molecule has 3 heterocycles. The second-order valence-electron chi connectivity index (χ2n) is 9.12. The maximum absolute atomic E-state index is 13.6. The number of nitrogens with one attached hydrogen (secondary N) is 1. The first-order valence-corrected chi connectivity index (χ1v) is 13.8. The van der Waals surface area contributed by atoms with Crippen LogP contribution in [0.4, 0.5) is 5.69 Å². The lowest BCUT2D eigenvalue weighted by Gasteiger charge is -2.13. The van der Waals surface area contributed by atoms with Gasteiger partial charge in [-0.15, -0.1) is 0 Å². The predicted octanol–water partition coefficient (Wildman–Crippen LogP) is 4.73. The van der Waals surface area contributed by atoms with Crippen LogP contribution in [0.15, 0.2) is 54.6 Å². The Balaban J connectivity index is 1.61. The first-order valence-electron chi connectivity index (χ1n) is 12.0. The fraction of sp³-hybridized carbons (Fsp3) is 0.296. The van der Waals surface area contributed by atoms with Gasteiger partial charge in [-0.05, 0) is 57.5 Å². The Morgan fingerprint density at radius 1 is 1.11 bits per heavy atom. The van der Waals surface area contributed by atoms with Crippen LogP contribution in [0.1, 0.15) is 41.0 Å². The first kappa shape index (κ1) is 24.0. The third-order valence-corrected chi connectivity index (χ3v) is 8.16. The van der Waals surface area contributed by atoms with Crippen LogP contribution in [0.3, 0.4) is 0 Å². The lowest BCUT2D eigenvalue weighted by molar-refractivity contribution is 0.102. The van der Waals surface area contributed by atoms with E-state index in [1.165, 1.54) is 0 Å². The number of rotatable bonds is 6. The molecule has 1 amide bonds. The number of anilines is 1. The molecule has 5 rings (SSSR count).